The van der Waals surface area contributed by atoms with E-state index in [0.29, 0.717) is 24.8 Å². The minimum absolute atomic E-state index is 0.116. The van der Waals surface area contributed by atoms with Gasteiger partial charge in [0.25, 0.3) is 0 Å². The van der Waals surface area contributed by atoms with Crippen molar-refractivity contribution in [3.05, 3.63) is 36.0 Å². The van der Waals surface area contributed by atoms with Gasteiger partial charge in [0.05, 0.1) is 7.11 Å². The summed E-state index contributed by atoms with van der Waals surface area (Å²) in [6.45, 7) is 0.609. The molecule has 100 valence electrons. The van der Waals surface area contributed by atoms with E-state index in [1.54, 1.807) is 25.4 Å². The van der Waals surface area contributed by atoms with Gasteiger partial charge in [-0.1, -0.05) is 6.07 Å². The Hall–Kier alpha value is -2.50. The van der Waals surface area contributed by atoms with E-state index in [-0.39, 0.29) is 11.5 Å². The lowest BCUT2D eigenvalue weighted by molar-refractivity contribution is 0.397. The normalized spacial score (nSPS) is 10.2. The number of phenols is 2. The van der Waals surface area contributed by atoms with Crippen molar-refractivity contribution < 1.29 is 14.9 Å². The third-order valence-electron chi connectivity index (χ3n) is 2.58. The van der Waals surface area contributed by atoms with Crippen molar-refractivity contribution in [2.24, 2.45) is 0 Å². The summed E-state index contributed by atoms with van der Waals surface area (Å²) in [5.41, 5.74) is 0.908. The van der Waals surface area contributed by atoms with Crippen LogP contribution in [-0.2, 0) is 6.42 Å². The predicted octanol–water partition coefficient (Wildman–Crippen LogP) is 1.55. The highest BCUT2D eigenvalue weighted by molar-refractivity contribution is 5.40. The van der Waals surface area contributed by atoms with E-state index < -0.39 is 0 Å². The van der Waals surface area contributed by atoms with Gasteiger partial charge in [0.15, 0.2) is 11.5 Å². The van der Waals surface area contributed by atoms with Crippen molar-refractivity contribution in [1.29, 1.82) is 0 Å². The Morgan fingerprint density at radius 1 is 1.21 bits per heavy atom. The van der Waals surface area contributed by atoms with Gasteiger partial charge in [-0.3, -0.25) is 0 Å². The Bertz CT molecular complexity index is 561. The number of hydrogen-bond acceptors (Lipinski definition) is 6. The number of methoxy groups -OCH3 is 1. The quantitative estimate of drug-likeness (QED) is 0.708. The van der Waals surface area contributed by atoms with Crippen LogP contribution in [0.1, 0.15) is 5.56 Å². The Labute approximate surface area is 110 Å². The molecular formula is C13H15N3O3. The SMILES string of the molecule is COc1ccnc(NCCc2ccc(O)c(O)c2)n1. The molecule has 2 aromatic rings. The first-order valence-corrected chi connectivity index (χ1v) is 5.81. The van der Waals surface area contributed by atoms with Gasteiger partial charge in [-0.25, -0.2) is 4.98 Å². The van der Waals surface area contributed by atoms with Crippen molar-refractivity contribution >= 4 is 5.95 Å². The van der Waals surface area contributed by atoms with Crippen LogP contribution >= 0.6 is 0 Å². The molecule has 1 aromatic heterocycles. The van der Waals surface area contributed by atoms with Crippen LogP contribution in [0.25, 0.3) is 0 Å². The van der Waals surface area contributed by atoms with E-state index in [9.17, 15) is 10.2 Å². The van der Waals surface area contributed by atoms with Crippen LogP contribution in [0.3, 0.4) is 0 Å². The zero-order valence-corrected chi connectivity index (χ0v) is 10.5. The lowest BCUT2D eigenvalue weighted by atomic mass is 10.1. The van der Waals surface area contributed by atoms with Crippen molar-refractivity contribution in [3.8, 4) is 17.4 Å². The van der Waals surface area contributed by atoms with E-state index in [1.165, 1.54) is 12.1 Å². The fraction of sp³-hybridized carbons (Fsp3) is 0.231. The summed E-state index contributed by atoms with van der Waals surface area (Å²) in [7, 11) is 1.55. The summed E-state index contributed by atoms with van der Waals surface area (Å²) in [4.78, 5) is 8.18. The topological polar surface area (TPSA) is 87.5 Å². The minimum Gasteiger partial charge on any atom is -0.504 e. The van der Waals surface area contributed by atoms with E-state index in [2.05, 4.69) is 15.3 Å². The Balaban J connectivity index is 1.90. The Morgan fingerprint density at radius 3 is 2.79 bits per heavy atom. The Morgan fingerprint density at radius 2 is 2.05 bits per heavy atom. The van der Waals surface area contributed by atoms with Crippen molar-refractivity contribution in [1.82, 2.24) is 9.97 Å². The third kappa shape index (κ3) is 3.48. The molecule has 0 saturated carbocycles. The maximum atomic E-state index is 9.37. The fourth-order valence-corrected chi connectivity index (χ4v) is 1.58. The average Bonchev–Trinajstić information content (AvgIpc) is 2.43. The molecule has 3 N–H and O–H groups in total. The molecule has 0 aliphatic rings. The van der Waals surface area contributed by atoms with Gasteiger partial charge < -0.3 is 20.3 Å². The molecule has 0 aliphatic carbocycles. The molecule has 0 bridgehead atoms. The number of aromatic hydroxyl groups is 2. The average molecular weight is 261 g/mol. The van der Waals surface area contributed by atoms with Crippen LogP contribution < -0.4 is 10.1 Å². The molecule has 1 aromatic carbocycles. The van der Waals surface area contributed by atoms with Crippen LogP contribution in [-0.4, -0.2) is 33.8 Å². The largest absolute Gasteiger partial charge is 0.504 e. The molecule has 2 rings (SSSR count). The summed E-state index contributed by atoms with van der Waals surface area (Å²) in [6.07, 6.45) is 2.29. The van der Waals surface area contributed by atoms with Crippen molar-refractivity contribution in [3.63, 3.8) is 0 Å². The molecule has 0 amide bonds. The number of ether oxygens (including phenoxy) is 1. The second-order valence-electron chi connectivity index (χ2n) is 3.92. The standard InChI is InChI=1S/C13H15N3O3/c1-19-12-5-7-15-13(16-12)14-6-4-9-2-3-10(17)11(18)8-9/h2-3,5,7-8,17-18H,4,6H2,1H3,(H,14,15,16). The zero-order valence-electron chi connectivity index (χ0n) is 10.5. The summed E-state index contributed by atoms with van der Waals surface area (Å²) in [5.74, 6) is 0.755. The third-order valence-corrected chi connectivity index (χ3v) is 2.58. The molecule has 0 unspecified atom stereocenters. The molecule has 6 heteroatoms. The van der Waals surface area contributed by atoms with E-state index in [1.807, 2.05) is 0 Å². The summed E-state index contributed by atoms with van der Waals surface area (Å²) >= 11 is 0. The van der Waals surface area contributed by atoms with Gasteiger partial charge in [-0.2, -0.15) is 4.98 Å². The molecule has 6 nitrogen and oxygen atoms in total. The lowest BCUT2D eigenvalue weighted by Crippen LogP contribution is -2.08. The van der Waals surface area contributed by atoms with Crippen molar-refractivity contribution in [2.45, 2.75) is 6.42 Å². The van der Waals surface area contributed by atoms with Gasteiger partial charge >= 0.3 is 0 Å². The second-order valence-corrected chi connectivity index (χ2v) is 3.92. The monoisotopic (exact) mass is 261 g/mol. The number of anilines is 1. The zero-order chi connectivity index (χ0) is 13.7. The maximum Gasteiger partial charge on any atom is 0.225 e. The van der Waals surface area contributed by atoms with Crippen LogP contribution in [0.5, 0.6) is 17.4 Å². The van der Waals surface area contributed by atoms with Gasteiger partial charge in [0.1, 0.15) is 0 Å². The molecule has 0 atom stereocenters. The van der Waals surface area contributed by atoms with E-state index in [0.717, 1.165) is 5.56 Å². The summed E-state index contributed by atoms with van der Waals surface area (Å²) in [6, 6.07) is 6.42. The minimum atomic E-state index is -0.118. The maximum absolute atomic E-state index is 9.37. The Kier molecular flexibility index (Phi) is 4.02. The number of hydrogen-bond donors (Lipinski definition) is 3. The molecule has 0 aliphatic heterocycles. The molecule has 0 saturated heterocycles. The summed E-state index contributed by atoms with van der Waals surface area (Å²) < 4.78 is 5.00. The van der Waals surface area contributed by atoms with E-state index in [4.69, 9.17) is 4.74 Å². The number of rotatable bonds is 5. The number of aromatic nitrogens is 2. The first kappa shape index (κ1) is 12.9. The van der Waals surface area contributed by atoms with Gasteiger partial charge in [-0.05, 0) is 24.1 Å². The molecule has 1 heterocycles. The molecule has 0 radical (unpaired) electrons. The van der Waals surface area contributed by atoms with Crippen molar-refractivity contribution in [2.75, 3.05) is 19.0 Å². The number of phenolic OH excluding ortho intramolecular Hbond substituents is 2. The van der Waals surface area contributed by atoms with Crippen LogP contribution in [0.2, 0.25) is 0 Å². The number of nitrogens with zero attached hydrogens (tertiary/aromatic N) is 2. The number of benzene rings is 1. The smallest absolute Gasteiger partial charge is 0.225 e. The highest BCUT2D eigenvalue weighted by Gasteiger charge is 2.02. The highest BCUT2D eigenvalue weighted by atomic mass is 16.5. The predicted molar refractivity (Wildman–Crippen MR) is 70.5 cm³/mol. The van der Waals surface area contributed by atoms with Crippen LogP contribution in [0, 0.1) is 0 Å². The first-order valence-electron chi connectivity index (χ1n) is 5.81. The van der Waals surface area contributed by atoms with Gasteiger partial charge in [0, 0.05) is 18.8 Å². The van der Waals surface area contributed by atoms with Crippen LogP contribution in [0.15, 0.2) is 30.5 Å². The molecular weight excluding hydrogens is 246 g/mol. The van der Waals surface area contributed by atoms with Gasteiger partial charge in [-0.15, -0.1) is 0 Å². The number of nitrogens with one attached hydrogen (secondary N) is 1. The molecule has 19 heavy (non-hydrogen) atoms. The lowest BCUT2D eigenvalue weighted by Gasteiger charge is -2.06. The van der Waals surface area contributed by atoms with E-state index >= 15 is 0 Å². The highest BCUT2D eigenvalue weighted by Crippen LogP contribution is 2.24. The fourth-order valence-electron chi connectivity index (χ4n) is 1.58. The second kappa shape index (κ2) is 5.90. The van der Waals surface area contributed by atoms with Crippen LogP contribution in [0.4, 0.5) is 5.95 Å². The summed E-state index contributed by atoms with van der Waals surface area (Å²) in [5, 5.41) is 21.6. The molecule has 0 spiro atoms. The molecule has 0 fully saturated rings. The first-order chi connectivity index (χ1) is 9.19. The van der Waals surface area contributed by atoms with Gasteiger partial charge in [0.2, 0.25) is 11.8 Å².